The van der Waals surface area contributed by atoms with Crippen LogP contribution in [0.2, 0.25) is 0 Å². The van der Waals surface area contributed by atoms with Gasteiger partial charge in [0.15, 0.2) is 0 Å². The molecule has 0 bridgehead atoms. The summed E-state index contributed by atoms with van der Waals surface area (Å²) in [7, 11) is 0. The molecule has 88 valence electrons. The number of ether oxygens (including phenoxy) is 1. The van der Waals surface area contributed by atoms with Crippen molar-refractivity contribution >= 4 is 0 Å². The molecule has 0 saturated heterocycles. The summed E-state index contributed by atoms with van der Waals surface area (Å²) in [5, 5.41) is 0. The average molecular weight is 219 g/mol. The van der Waals surface area contributed by atoms with Gasteiger partial charge in [-0.2, -0.15) is 0 Å². The van der Waals surface area contributed by atoms with Gasteiger partial charge in [0, 0.05) is 0 Å². The summed E-state index contributed by atoms with van der Waals surface area (Å²) in [6.45, 7) is 2.72. The third-order valence-electron chi connectivity index (χ3n) is 3.46. The van der Waals surface area contributed by atoms with Crippen LogP contribution in [0.3, 0.4) is 0 Å². The summed E-state index contributed by atoms with van der Waals surface area (Å²) >= 11 is 0. The Morgan fingerprint density at radius 1 is 1.19 bits per heavy atom. The molecule has 2 heteroatoms. The lowest BCUT2D eigenvalue weighted by Crippen LogP contribution is -2.47. The summed E-state index contributed by atoms with van der Waals surface area (Å²) in [6, 6.07) is 8.12. The number of nitrogens with two attached hydrogens (primary N) is 1. The zero-order chi connectivity index (χ0) is 11.4. The van der Waals surface area contributed by atoms with Crippen LogP contribution in [0.1, 0.15) is 37.7 Å². The fraction of sp³-hybridized carbons (Fsp3) is 0.571. The van der Waals surface area contributed by atoms with E-state index < -0.39 is 0 Å². The molecule has 1 saturated carbocycles. The number of hydrogen-bond acceptors (Lipinski definition) is 2. The lowest BCUT2D eigenvalue weighted by atomic mass is 9.83. The van der Waals surface area contributed by atoms with Crippen LogP contribution < -0.4 is 10.5 Å². The van der Waals surface area contributed by atoms with Crippen LogP contribution in [0, 0.1) is 6.92 Å². The van der Waals surface area contributed by atoms with Crippen LogP contribution in [-0.4, -0.2) is 12.1 Å². The third-order valence-corrected chi connectivity index (χ3v) is 3.46. The van der Waals surface area contributed by atoms with Gasteiger partial charge in [0.2, 0.25) is 0 Å². The summed E-state index contributed by atoms with van der Waals surface area (Å²) in [6.07, 6.45) is 6.00. The number of para-hydroxylation sites is 1. The van der Waals surface area contributed by atoms with Crippen molar-refractivity contribution in [2.45, 2.75) is 44.6 Å². The smallest absolute Gasteiger partial charge is 0.122 e. The molecule has 2 rings (SSSR count). The molecule has 1 aliphatic carbocycles. The lowest BCUT2D eigenvalue weighted by Gasteiger charge is -2.33. The van der Waals surface area contributed by atoms with Crippen molar-refractivity contribution in [1.29, 1.82) is 0 Å². The fourth-order valence-corrected chi connectivity index (χ4v) is 2.34. The quantitative estimate of drug-likeness (QED) is 0.848. The minimum absolute atomic E-state index is 0.0967. The van der Waals surface area contributed by atoms with Gasteiger partial charge in [-0.3, -0.25) is 0 Å². The Morgan fingerprint density at radius 2 is 1.88 bits per heavy atom. The molecule has 0 spiro atoms. The molecule has 0 unspecified atom stereocenters. The Bertz CT molecular complexity index is 342. The Kier molecular flexibility index (Phi) is 3.49. The highest BCUT2D eigenvalue weighted by molar-refractivity contribution is 5.31. The maximum Gasteiger partial charge on any atom is 0.122 e. The zero-order valence-electron chi connectivity index (χ0n) is 10.0. The molecule has 0 atom stereocenters. The van der Waals surface area contributed by atoms with E-state index in [1.54, 1.807) is 0 Å². The summed E-state index contributed by atoms with van der Waals surface area (Å²) in [5.41, 5.74) is 7.42. The highest BCUT2D eigenvalue weighted by Gasteiger charge is 2.28. The minimum Gasteiger partial charge on any atom is -0.491 e. The molecular formula is C14H21NO. The Labute approximate surface area is 97.8 Å². The first-order valence-corrected chi connectivity index (χ1v) is 6.17. The van der Waals surface area contributed by atoms with Gasteiger partial charge < -0.3 is 10.5 Å². The monoisotopic (exact) mass is 219 g/mol. The predicted molar refractivity (Wildman–Crippen MR) is 66.7 cm³/mol. The van der Waals surface area contributed by atoms with Crippen LogP contribution in [0.25, 0.3) is 0 Å². The lowest BCUT2D eigenvalue weighted by molar-refractivity contribution is 0.173. The van der Waals surface area contributed by atoms with Crippen molar-refractivity contribution in [1.82, 2.24) is 0 Å². The van der Waals surface area contributed by atoms with Crippen LogP contribution in [0.15, 0.2) is 24.3 Å². The molecule has 0 amide bonds. The first-order valence-electron chi connectivity index (χ1n) is 6.17. The summed E-state index contributed by atoms with van der Waals surface area (Å²) < 4.78 is 5.85. The Morgan fingerprint density at radius 3 is 2.56 bits per heavy atom. The van der Waals surface area contributed by atoms with E-state index in [0.717, 1.165) is 18.6 Å². The third kappa shape index (κ3) is 2.76. The first kappa shape index (κ1) is 11.5. The molecule has 2 N–H and O–H groups in total. The largest absolute Gasteiger partial charge is 0.491 e. The van der Waals surface area contributed by atoms with E-state index >= 15 is 0 Å². The van der Waals surface area contributed by atoms with Crippen molar-refractivity contribution < 1.29 is 4.74 Å². The van der Waals surface area contributed by atoms with Gasteiger partial charge >= 0.3 is 0 Å². The van der Waals surface area contributed by atoms with Gasteiger partial charge in [0.05, 0.1) is 5.54 Å². The highest BCUT2D eigenvalue weighted by Crippen LogP contribution is 2.27. The van der Waals surface area contributed by atoms with Crippen molar-refractivity contribution in [3.63, 3.8) is 0 Å². The molecule has 1 aliphatic rings. The van der Waals surface area contributed by atoms with Crippen LogP contribution in [-0.2, 0) is 0 Å². The maximum absolute atomic E-state index is 6.33. The highest BCUT2D eigenvalue weighted by atomic mass is 16.5. The van der Waals surface area contributed by atoms with E-state index in [9.17, 15) is 0 Å². The standard InChI is InChI=1S/C14H21NO/c1-12-7-3-4-8-13(12)16-11-14(15)9-5-2-6-10-14/h3-4,7-8H,2,5-6,9-11,15H2,1H3. The fourth-order valence-electron chi connectivity index (χ4n) is 2.34. The molecule has 1 aromatic carbocycles. The molecule has 0 heterocycles. The molecular weight excluding hydrogens is 198 g/mol. The van der Waals surface area contributed by atoms with Crippen molar-refractivity contribution in [3.8, 4) is 5.75 Å². The van der Waals surface area contributed by atoms with E-state index in [1.165, 1.54) is 24.8 Å². The Balaban J connectivity index is 1.94. The van der Waals surface area contributed by atoms with E-state index in [0.29, 0.717) is 6.61 Å². The van der Waals surface area contributed by atoms with Gasteiger partial charge in [-0.1, -0.05) is 37.5 Å². The van der Waals surface area contributed by atoms with Gasteiger partial charge in [-0.25, -0.2) is 0 Å². The van der Waals surface area contributed by atoms with Crippen molar-refractivity contribution in [2.75, 3.05) is 6.61 Å². The number of benzene rings is 1. The number of hydrogen-bond donors (Lipinski definition) is 1. The molecule has 0 aromatic heterocycles. The maximum atomic E-state index is 6.33. The van der Waals surface area contributed by atoms with Crippen LogP contribution in [0.5, 0.6) is 5.75 Å². The molecule has 16 heavy (non-hydrogen) atoms. The number of rotatable bonds is 3. The summed E-state index contributed by atoms with van der Waals surface area (Å²) in [4.78, 5) is 0. The minimum atomic E-state index is -0.0967. The Hall–Kier alpha value is -1.02. The van der Waals surface area contributed by atoms with E-state index in [1.807, 2.05) is 18.2 Å². The van der Waals surface area contributed by atoms with Crippen LogP contribution in [0.4, 0.5) is 0 Å². The van der Waals surface area contributed by atoms with Gasteiger partial charge in [-0.15, -0.1) is 0 Å². The van der Waals surface area contributed by atoms with Crippen LogP contribution >= 0.6 is 0 Å². The van der Waals surface area contributed by atoms with E-state index in [4.69, 9.17) is 10.5 Å². The second-order valence-corrected chi connectivity index (χ2v) is 4.98. The van der Waals surface area contributed by atoms with Crippen molar-refractivity contribution in [3.05, 3.63) is 29.8 Å². The molecule has 1 fully saturated rings. The number of aryl methyl sites for hydroxylation is 1. The van der Waals surface area contributed by atoms with E-state index in [-0.39, 0.29) is 5.54 Å². The second kappa shape index (κ2) is 4.88. The second-order valence-electron chi connectivity index (χ2n) is 4.98. The first-order chi connectivity index (χ1) is 7.70. The molecule has 2 nitrogen and oxygen atoms in total. The van der Waals surface area contributed by atoms with Gasteiger partial charge in [-0.05, 0) is 31.4 Å². The molecule has 1 aromatic rings. The topological polar surface area (TPSA) is 35.2 Å². The summed E-state index contributed by atoms with van der Waals surface area (Å²) in [5.74, 6) is 0.970. The SMILES string of the molecule is Cc1ccccc1OCC1(N)CCCCC1. The molecule has 0 radical (unpaired) electrons. The van der Waals surface area contributed by atoms with Crippen molar-refractivity contribution in [2.24, 2.45) is 5.73 Å². The zero-order valence-corrected chi connectivity index (χ0v) is 10.0. The normalized spacial score (nSPS) is 19.4. The van der Waals surface area contributed by atoms with Gasteiger partial charge in [0.25, 0.3) is 0 Å². The molecule has 0 aliphatic heterocycles. The van der Waals surface area contributed by atoms with E-state index in [2.05, 4.69) is 13.0 Å². The van der Waals surface area contributed by atoms with Gasteiger partial charge in [0.1, 0.15) is 12.4 Å². The average Bonchev–Trinajstić information content (AvgIpc) is 2.29. The predicted octanol–water partition coefficient (Wildman–Crippen LogP) is 3.04.